The van der Waals surface area contributed by atoms with Crippen molar-refractivity contribution in [1.29, 1.82) is 0 Å². The van der Waals surface area contributed by atoms with E-state index in [1.165, 1.54) is 36.8 Å². The summed E-state index contributed by atoms with van der Waals surface area (Å²) in [5.74, 6) is 1.15. The van der Waals surface area contributed by atoms with E-state index < -0.39 is 0 Å². The summed E-state index contributed by atoms with van der Waals surface area (Å²) in [5, 5.41) is 0. The van der Waals surface area contributed by atoms with Gasteiger partial charge in [-0.1, -0.05) is 55.5 Å². The third-order valence-electron chi connectivity index (χ3n) is 3.77. The molecule has 1 nitrogen and oxygen atoms in total. The maximum atomic E-state index is 11.9. The van der Waals surface area contributed by atoms with Crippen molar-refractivity contribution >= 4 is 5.78 Å². The molecule has 0 saturated heterocycles. The molecule has 1 saturated carbocycles. The fourth-order valence-electron chi connectivity index (χ4n) is 2.79. The molecule has 0 aliphatic heterocycles. The Labute approximate surface area is 104 Å². The molecule has 1 aromatic carbocycles. The Bertz CT molecular complexity index is 375. The summed E-state index contributed by atoms with van der Waals surface area (Å²) < 4.78 is 0. The molecule has 1 fully saturated rings. The molecule has 1 aromatic rings. The summed E-state index contributed by atoms with van der Waals surface area (Å²) in [7, 11) is 0. The highest BCUT2D eigenvalue weighted by atomic mass is 16.1. The van der Waals surface area contributed by atoms with Gasteiger partial charge < -0.3 is 0 Å². The van der Waals surface area contributed by atoms with E-state index >= 15 is 0 Å². The van der Waals surface area contributed by atoms with Gasteiger partial charge in [0.2, 0.25) is 0 Å². The average Bonchev–Trinajstić information content (AvgIpc) is 2.79. The predicted molar refractivity (Wildman–Crippen MR) is 71.1 cm³/mol. The quantitative estimate of drug-likeness (QED) is 0.745. The zero-order valence-corrected chi connectivity index (χ0v) is 10.7. The molecule has 1 aliphatic rings. The fraction of sp³-hybridized carbons (Fsp3) is 0.562. The summed E-state index contributed by atoms with van der Waals surface area (Å²) in [5.41, 5.74) is 2.58. The molecule has 0 aromatic heterocycles. The average molecular weight is 230 g/mol. The smallest absolute Gasteiger partial charge is 0.133 e. The molecule has 0 amide bonds. The molecule has 0 spiro atoms. The molecule has 0 atom stereocenters. The van der Waals surface area contributed by atoms with E-state index in [4.69, 9.17) is 0 Å². The summed E-state index contributed by atoms with van der Waals surface area (Å²) in [6.45, 7) is 2.10. The van der Waals surface area contributed by atoms with Crippen LogP contribution in [0.1, 0.15) is 49.7 Å². The standard InChI is InChI=1S/C16H22O/c1-13-5-4-8-15(11-13)9-10-16(17)12-14-6-2-3-7-14/h4-5,8,11,14H,2-3,6-7,9-10,12H2,1H3. The van der Waals surface area contributed by atoms with Crippen molar-refractivity contribution in [3.05, 3.63) is 35.4 Å². The molecule has 17 heavy (non-hydrogen) atoms. The first-order valence-corrected chi connectivity index (χ1v) is 6.81. The lowest BCUT2D eigenvalue weighted by Crippen LogP contribution is -2.06. The van der Waals surface area contributed by atoms with E-state index in [1.54, 1.807) is 0 Å². The summed E-state index contributed by atoms with van der Waals surface area (Å²) in [6.07, 6.45) is 7.66. The number of Topliss-reactive ketones (excluding diaryl/α,β-unsaturated/α-hetero) is 1. The normalized spacial score (nSPS) is 16.3. The number of carbonyl (C=O) groups excluding carboxylic acids is 1. The monoisotopic (exact) mass is 230 g/mol. The van der Waals surface area contributed by atoms with Gasteiger partial charge in [0, 0.05) is 12.8 Å². The second kappa shape index (κ2) is 6.00. The minimum Gasteiger partial charge on any atom is -0.300 e. The fourth-order valence-corrected chi connectivity index (χ4v) is 2.79. The largest absolute Gasteiger partial charge is 0.300 e. The molecule has 0 radical (unpaired) electrons. The third-order valence-corrected chi connectivity index (χ3v) is 3.77. The van der Waals surface area contributed by atoms with Crippen molar-refractivity contribution in [2.45, 2.75) is 51.9 Å². The Balaban J connectivity index is 1.75. The van der Waals surface area contributed by atoms with Crippen LogP contribution in [0.25, 0.3) is 0 Å². The predicted octanol–water partition coefficient (Wildman–Crippen LogP) is 4.08. The molecule has 0 N–H and O–H groups in total. The topological polar surface area (TPSA) is 17.1 Å². The number of aryl methyl sites for hydroxylation is 2. The van der Waals surface area contributed by atoms with Crippen LogP contribution in [0.15, 0.2) is 24.3 Å². The number of carbonyl (C=O) groups is 1. The summed E-state index contributed by atoms with van der Waals surface area (Å²) in [6, 6.07) is 8.48. The Morgan fingerprint density at radius 1 is 1.29 bits per heavy atom. The number of rotatable bonds is 5. The Morgan fingerprint density at radius 3 is 2.76 bits per heavy atom. The van der Waals surface area contributed by atoms with Crippen LogP contribution in [-0.4, -0.2) is 5.78 Å². The molecular formula is C16H22O. The van der Waals surface area contributed by atoms with Crippen LogP contribution in [0.4, 0.5) is 0 Å². The zero-order chi connectivity index (χ0) is 12.1. The second-order valence-corrected chi connectivity index (χ2v) is 5.38. The lowest BCUT2D eigenvalue weighted by Gasteiger charge is -2.07. The first-order chi connectivity index (χ1) is 8.24. The van der Waals surface area contributed by atoms with Crippen LogP contribution >= 0.6 is 0 Å². The molecule has 2 rings (SSSR count). The Hall–Kier alpha value is -1.11. The minimum absolute atomic E-state index is 0.457. The van der Waals surface area contributed by atoms with Crippen LogP contribution in [0, 0.1) is 12.8 Å². The van der Waals surface area contributed by atoms with Gasteiger partial charge in [-0.15, -0.1) is 0 Å². The number of hydrogen-bond acceptors (Lipinski definition) is 1. The van der Waals surface area contributed by atoms with E-state index in [1.807, 2.05) is 0 Å². The number of hydrogen-bond donors (Lipinski definition) is 0. The molecule has 1 aliphatic carbocycles. The molecule has 1 heteroatoms. The van der Waals surface area contributed by atoms with Crippen molar-refractivity contribution in [2.75, 3.05) is 0 Å². The maximum absolute atomic E-state index is 11.9. The first kappa shape index (κ1) is 12.3. The van der Waals surface area contributed by atoms with Gasteiger partial charge in [-0.2, -0.15) is 0 Å². The van der Waals surface area contributed by atoms with Gasteiger partial charge >= 0.3 is 0 Å². The van der Waals surface area contributed by atoms with Crippen LogP contribution in [-0.2, 0) is 11.2 Å². The Morgan fingerprint density at radius 2 is 2.06 bits per heavy atom. The summed E-state index contributed by atoms with van der Waals surface area (Å²) in [4.78, 5) is 11.9. The molecule has 0 bridgehead atoms. The van der Waals surface area contributed by atoms with Crippen molar-refractivity contribution < 1.29 is 4.79 Å². The van der Waals surface area contributed by atoms with Crippen molar-refractivity contribution in [1.82, 2.24) is 0 Å². The Kier molecular flexibility index (Phi) is 4.36. The number of benzene rings is 1. The van der Waals surface area contributed by atoms with E-state index in [-0.39, 0.29) is 0 Å². The van der Waals surface area contributed by atoms with E-state index in [0.29, 0.717) is 11.7 Å². The number of ketones is 1. The van der Waals surface area contributed by atoms with Gasteiger partial charge in [-0.05, 0) is 24.8 Å². The van der Waals surface area contributed by atoms with Crippen molar-refractivity contribution in [3.63, 3.8) is 0 Å². The first-order valence-electron chi connectivity index (χ1n) is 6.81. The second-order valence-electron chi connectivity index (χ2n) is 5.38. The van der Waals surface area contributed by atoms with Gasteiger partial charge in [-0.25, -0.2) is 0 Å². The van der Waals surface area contributed by atoms with Crippen molar-refractivity contribution in [2.24, 2.45) is 5.92 Å². The van der Waals surface area contributed by atoms with Gasteiger partial charge in [0.1, 0.15) is 5.78 Å². The molecular weight excluding hydrogens is 208 g/mol. The van der Waals surface area contributed by atoms with Crippen LogP contribution in [0.2, 0.25) is 0 Å². The van der Waals surface area contributed by atoms with Gasteiger partial charge in [0.15, 0.2) is 0 Å². The zero-order valence-electron chi connectivity index (χ0n) is 10.7. The van der Waals surface area contributed by atoms with Crippen molar-refractivity contribution in [3.8, 4) is 0 Å². The highest BCUT2D eigenvalue weighted by Crippen LogP contribution is 2.28. The third kappa shape index (κ3) is 3.99. The minimum atomic E-state index is 0.457. The maximum Gasteiger partial charge on any atom is 0.133 e. The van der Waals surface area contributed by atoms with Crippen LogP contribution in [0.5, 0.6) is 0 Å². The van der Waals surface area contributed by atoms with E-state index in [0.717, 1.165) is 19.3 Å². The lowest BCUT2D eigenvalue weighted by molar-refractivity contribution is -0.119. The van der Waals surface area contributed by atoms with Crippen LogP contribution in [0.3, 0.4) is 0 Å². The van der Waals surface area contributed by atoms with Gasteiger partial charge in [0.25, 0.3) is 0 Å². The molecule has 0 unspecified atom stereocenters. The summed E-state index contributed by atoms with van der Waals surface area (Å²) >= 11 is 0. The SMILES string of the molecule is Cc1cccc(CCC(=O)CC2CCCC2)c1. The van der Waals surface area contributed by atoms with Gasteiger partial charge in [-0.3, -0.25) is 4.79 Å². The van der Waals surface area contributed by atoms with E-state index in [9.17, 15) is 4.79 Å². The molecule has 92 valence electrons. The highest BCUT2D eigenvalue weighted by Gasteiger charge is 2.17. The highest BCUT2D eigenvalue weighted by molar-refractivity contribution is 5.78. The van der Waals surface area contributed by atoms with E-state index in [2.05, 4.69) is 31.2 Å². The molecule has 0 heterocycles. The van der Waals surface area contributed by atoms with Gasteiger partial charge in [0.05, 0.1) is 0 Å². The van der Waals surface area contributed by atoms with Crippen LogP contribution < -0.4 is 0 Å². The lowest BCUT2D eigenvalue weighted by atomic mass is 9.97.